The van der Waals surface area contributed by atoms with E-state index in [1.54, 1.807) is 0 Å². The van der Waals surface area contributed by atoms with E-state index in [1.807, 2.05) is 6.20 Å². The van der Waals surface area contributed by atoms with Crippen molar-refractivity contribution in [2.75, 3.05) is 0 Å². The van der Waals surface area contributed by atoms with Crippen molar-refractivity contribution in [3.8, 4) is 107 Å². The van der Waals surface area contributed by atoms with E-state index < -0.39 is 5.41 Å². The summed E-state index contributed by atoms with van der Waals surface area (Å²) in [7, 11) is 0. The summed E-state index contributed by atoms with van der Waals surface area (Å²) in [5.74, 6) is 0. The Morgan fingerprint density at radius 3 is 0.945 bits per heavy atom. The Hall–Kier alpha value is -14.6. The number of hydrogen-bond donors (Lipinski definition) is 0. The van der Waals surface area contributed by atoms with E-state index in [-0.39, 0.29) is 0 Å². The molecule has 0 fully saturated rings. The molecule has 5 aromatic heterocycles. The normalized spacial score (nSPS) is 13.5. The molecule has 0 amide bonds. The van der Waals surface area contributed by atoms with Gasteiger partial charge in [0.15, 0.2) is 0 Å². The third-order valence-electron chi connectivity index (χ3n) is 23.7. The third-order valence-corrected chi connectivity index (χ3v) is 23.7. The fraction of sp³-hybridized carbons (Fsp3) is 0.00971. The van der Waals surface area contributed by atoms with Crippen molar-refractivity contribution < 1.29 is 0 Å². The first-order valence-electron chi connectivity index (χ1n) is 37.4. The molecule has 504 valence electrons. The number of rotatable bonds is 9. The van der Waals surface area contributed by atoms with E-state index in [0.717, 1.165) is 188 Å². The second-order valence-corrected chi connectivity index (χ2v) is 29.1. The fourth-order valence-electron chi connectivity index (χ4n) is 19.1. The molecule has 0 radical (unpaired) electrons. The largest absolute Gasteiger partial charge is 0.306 e. The molecule has 16 aromatic carbocycles. The standard InChI is InChI=1S/C103H62N6/c104-63-84-99(106-89-43-21-15-35-74(89)80-58-68(48-53-93(80)106)64-26-5-1-6-27-64)101(108-91-45-23-17-37-76(91)82-60-70(50-55-95(82)108)66-30-9-3-10-31-66)97(72-47-52-87-79(62-72)73-34-13-19-40-85(73)103(87)86-41-20-14-39-78(86)98-88(103)42-25-57-105-98)102(109-92-46-24-18-38-77(92)83-61-71(51-56-96(83)109)67-32-11-4-12-33-67)100(84)107-90-44-22-16-36-75(90)81-59-69(49-54-94(81)107)65-28-7-2-8-29-65/h1-62H. The monoisotopic (exact) mass is 1380 g/mol. The van der Waals surface area contributed by atoms with Gasteiger partial charge in [0.1, 0.15) is 11.6 Å². The van der Waals surface area contributed by atoms with Crippen molar-refractivity contribution in [3.05, 3.63) is 404 Å². The zero-order valence-electron chi connectivity index (χ0n) is 59.0. The highest BCUT2D eigenvalue weighted by atomic mass is 15.1. The molecule has 0 aliphatic heterocycles. The van der Waals surface area contributed by atoms with Crippen LogP contribution in [-0.2, 0) is 5.41 Å². The molecule has 6 heteroatoms. The number of hydrogen-bond acceptors (Lipinski definition) is 2. The van der Waals surface area contributed by atoms with Gasteiger partial charge >= 0.3 is 0 Å². The second-order valence-electron chi connectivity index (χ2n) is 29.1. The van der Waals surface area contributed by atoms with Gasteiger partial charge in [-0.15, -0.1) is 0 Å². The Balaban J connectivity index is 0.981. The fourth-order valence-corrected chi connectivity index (χ4v) is 19.1. The molecule has 23 rings (SSSR count). The number of aromatic nitrogens is 5. The molecule has 0 saturated heterocycles. The van der Waals surface area contributed by atoms with E-state index >= 15 is 0 Å². The van der Waals surface area contributed by atoms with E-state index in [0.29, 0.717) is 5.56 Å². The smallest absolute Gasteiger partial charge is 0.104 e. The zero-order chi connectivity index (χ0) is 71.6. The van der Waals surface area contributed by atoms with E-state index in [9.17, 15) is 5.26 Å². The molecule has 6 nitrogen and oxygen atoms in total. The summed E-state index contributed by atoms with van der Waals surface area (Å²) >= 11 is 0. The Morgan fingerprint density at radius 1 is 0.229 bits per heavy atom. The molecule has 0 bridgehead atoms. The quantitative estimate of drug-likeness (QED) is 0.145. The van der Waals surface area contributed by atoms with Crippen LogP contribution in [0.25, 0.3) is 188 Å². The second kappa shape index (κ2) is 23.4. The maximum atomic E-state index is 13.8. The predicted octanol–water partition coefficient (Wildman–Crippen LogP) is 26.0. The van der Waals surface area contributed by atoms with Crippen molar-refractivity contribution in [3.63, 3.8) is 0 Å². The lowest BCUT2D eigenvalue weighted by molar-refractivity contribution is 0.791. The summed E-state index contributed by atoms with van der Waals surface area (Å²) in [5.41, 5.74) is 30.9. The van der Waals surface area contributed by atoms with Crippen LogP contribution in [0.15, 0.2) is 376 Å². The topological polar surface area (TPSA) is 56.4 Å². The third kappa shape index (κ3) is 8.58. The van der Waals surface area contributed by atoms with Crippen LogP contribution >= 0.6 is 0 Å². The van der Waals surface area contributed by atoms with Crippen molar-refractivity contribution in [2.45, 2.75) is 5.41 Å². The molecule has 109 heavy (non-hydrogen) atoms. The van der Waals surface area contributed by atoms with Crippen LogP contribution in [-0.4, -0.2) is 23.3 Å². The number of nitrogens with zero attached hydrogens (tertiary/aromatic N) is 6. The molecule has 2 aliphatic carbocycles. The highest BCUT2D eigenvalue weighted by Crippen LogP contribution is 2.64. The van der Waals surface area contributed by atoms with Crippen molar-refractivity contribution in [1.29, 1.82) is 5.26 Å². The summed E-state index contributed by atoms with van der Waals surface area (Å²) < 4.78 is 9.99. The highest BCUT2D eigenvalue weighted by Gasteiger charge is 2.52. The molecule has 1 spiro atoms. The molecular formula is C103H62N6. The number of benzene rings is 16. The summed E-state index contributed by atoms with van der Waals surface area (Å²) in [6, 6.07) is 139. The average Bonchev–Trinajstić information content (AvgIpc) is 1.53. The Morgan fingerprint density at radius 2 is 0.541 bits per heavy atom. The molecule has 21 aromatic rings. The molecule has 5 heterocycles. The van der Waals surface area contributed by atoms with Gasteiger partial charge in [0.05, 0.1) is 78.0 Å². The minimum Gasteiger partial charge on any atom is -0.306 e. The molecule has 0 saturated carbocycles. The highest BCUT2D eigenvalue weighted by molar-refractivity contribution is 6.19. The SMILES string of the molecule is N#Cc1c(-n2c3ccccc3c3cc(-c4ccccc4)ccc32)c(-n2c3ccccc3c3cc(-c4ccccc4)ccc32)c(-c2ccc3c(c2)-c2ccccc2C32c3ccccc3-c3ncccc32)c(-n2c3ccccc3c3cc(-c4ccccc4)ccc32)c1-n1c2ccccc2c2cc(-c3ccccc3)ccc21. The molecule has 1 unspecified atom stereocenters. The van der Waals surface area contributed by atoms with Gasteiger partial charge in [-0.25, -0.2) is 0 Å². The lowest BCUT2D eigenvalue weighted by atomic mass is 9.70. The zero-order valence-corrected chi connectivity index (χ0v) is 59.0. The van der Waals surface area contributed by atoms with Gasteiger partial charge in [-0.3, -0.25) is 4.98 Å². The van der Waals surface area contributed by atoms with Gasteiger partial charge in [0.2, 0.25) is 0 Å². The Labute approximate surface area is 628 Å². The first kappa shape index (κ1) is 60.7. The van der Waals surface area contributed by atoms with Gasteiger partial charge in [-0.05, 0) is 168 Å². The van der Waals surface area contributed by atoms with Crippen LogP contribution in [0.3, 0.4) is 0 Å². The molecule has 2 aliphatic rings. The van der Waals surface area contributed by atoms with Gasteiger partial charge in [-0.1, -0.05) is 285 Å². The number of fused-ring (bicyclic) bond motifs is 22. The molecular weight excluding hydrogens is 1320 g/mol. The van der Waals surface area contributed by atoms with Gasteiger partial charge in [0.25, 0.3) is 0 Å². The van der Waals surface area contributed by atoms with E-state index in [2.05, 4.69) is 394 Å². The van der Waals surface area contributed by atoms with Crippen molar-refractivity contribution in [1.82, 2.24) is 23.3 Å². The lowest BCUT2D eigenvalue weighted by Gasteiger charge is -2.31. The minimum absolute atomic E-state index is 0.495. The van der Waals surface area contributed by atoms with E-state index in [1.165, 1.54) is 22.3 Å². The van der Waals surface area contributed by atoms with Crippen LogP contribution in [0, 0.1) is 11.3 Å². The van der Waals surface area contributed by atoms with Gasteiger partial charge in [-0.2, -0.15) is 5.26 Å². The van der Waals surface area contributed by atoms with Crippen molar-refractivity contribution in [2.24, 2.45) is 0 Å². The Bertz CT molecular complexity index is 7090. The summed E-state index contributed by atoms with van der Waals surface area (Å²) in [6.45, 7) is 0. The van der Waals surface area contributed by atoms with Crippen LogP contribution < -0.4 is 0 Å². The van der Waals surface area contributed by atoms with E-state index in [4.69, 9.17) is 4.98 Å². The summed E-state index contributed by atoms with van der Waals surface area (Å²) in [6.07, 6.45) is 1.94. The van der Waals surface area contributed by atoms with Gasteiger partial charge in [0, 0.05) is 60.4 Å². The van der Waals surface area contributed by atoms with Crippen molar-refractivity contribution >= 4 is 87.2 Å². The molecule has 0 N–H and O–H groups in total. The van der Waals surface area contributed by atoms with Crippen LogP contribution in [0.2, 0.25) is 0 Å². The lowest BCUT2D eigenvalue weighted by Crippen LogP contribution is -2.25. The summed E-state index contributed by atoms with van der Waals surface area (Å²) in [4.78, 5) is 5.23. The van der Waals surface area contributed by atoms with Crippen LogP contribution in [0.4, 0.5) is 0 Å². The predicted molar refractivity (Wildman–Crippen MR) is 450 cm³/mol. The summed E-state index contributed by atoms with van der Waals surface area (Å²) in [5, 5.41) is 22.4. The molecule has 1 atom stereocenters. The first-order chi connectivity index (χ1) is 54.1. The number of nitriles is 1. The Kier molecular flexibility index (Phi) is 13.1. The minimum atomic E-state index is -0.687. The van der Waals surface area contributed by atoms with Crippen LogP contribution in [0.5, 0.6) is 0 Å². The number of para-hydroxylation sites is 4. The average molecular weight is 1380 g/mol. The van der Waals surface area contributed by atoms with Crippen LogP contribution in [0.1, 0.15) is 27.8 Å². The van der Waals surface area contributed by atoms with Gasteiger partial charge < -0.3 is 18.3 Å². The number of pyridine rings is 1. The maximum absolute atomic E-state index is 13.8. The first-order valence-corrected chi connectivity index (χ1v) is 37.4. The maximum Gasteiger partial charge on any atom is 0.104 e.